The molecule has 37 heavy (non-hydrogen) atoms. The molecule has 0 saturated carbocycles. The fourth-order valence-electron chi connectivity index (χ4n) is 4.60. The Hall–Kier alpha value is -2.75. The molecule has 0 N–H and O–H groups in total. The maximum absolute atomic E-state index is 13.8. The van der Waals surface area contributed by atoms with Crippen LogP contribution in [0.15, 0.2) is 46.9 Å². The maximum Gasteiger partial charge on any atom is 0.262 e. The molecule has 9 heteroatoms. The molecule has 0 radical (unpaired) electrons. The third-order valence-corrected chi connectivity index (χ3v) is 7.54. The van der Waals surface area contributed by atoms with Crippen LogP contribution in [0.1, 0.15) is 50.1 Å². The third-order valence-electron chi connectivity index (χ3n) is 6.62. The molecular formula is C28H38N4O4S. The van der Waals surface area contributed by atoms with Crippen LogP contribution in [0.2, 0.25) is 0 Å². The van der Waals surface area contributed by atoms with Gasteiger partial charge in [0.25, 0.3) is 5.91 Å². The van der Waals surface area contributed by atoms with Gasteiger partial charge < -0.3 is 14.4 Å². The molecule has 1 aromatic heterocycles. The molecule has 3 heterocycles. The van der Waals surface area contributed by atoms with E-state index in [1.165, 1.54) is 0 Å². The molecule has 1 saturated heterocycles. The number of hydrazone groups is 1. The minimum absolute atomic E-state index is 0.00300. The van der Waals surface area contributed by atoms with Crippen molar-refractivity contribution in [3.05, 3.63) is 52.2 Å². The number of hydrogen-bond donors (Lipinski definition) is 0. The van der Waals surface area contributed by atoms with Crippen molar-refractivity contribution < 1.29 is 19.1 Å². The van der Waals surface area contributed by atoms with E-state index in [1.807, 2.05) is 62.5 Å². The molecule has 2 amide bonds. The number of carbonyl (C=O) groups excluding carboxylic acids is 2. The van der Waals surface area contributed by atoms with E-state index in [9.17, 15) is 9.59 Å². The quantitative estimate of drug-likeness (QED) is 0.493. The summed E-state index contributed by atoms with van der Waals surface area (Å²) in [6, 6.07) is 11.6. The van der Waals surface area contributed by atoms with Crippen LogP contribution in [-0.4, -0.2) is 85.4 Å². The zero-order valence-corrected chi connectivity index (χ0v) is 23.1. The van der Waals surface area contributed by atoms with Gasteiger partial charge in [0.05, 0.1) is 37.0 Å². The molecule has 2 aromatic rings. The standard InChI is InChI=1S/C28H38N4O4S/c1-28(2,3)19-26(33)31(12-11-30-13-15-36-16-14-30)20-27(34)32-24(21-7-9-22(35-4)10-8-21)18-23(29-32)25-6-5-17-37-25/h5-10,17,24H,11-16,18-20H2,1-4H3. The molecule has 0 spiro atoms. The largest absolute Gasteiger partial charge is 0.497 e. The maximum atomic E-state index is 13.8. The Morgan fingerprint density at radius 2 is 1.89 bits per heavy atom. The second kappa shape index (κ2) is 12.2. The van der Waals surface area contributed by atoms with Gasteiger partial charge in [-0.3, -0.25) is 14.5 Å². The fraction of sp³-hybridized carbons (Fsp3) is 0.536. The summed E-state index contributed by atoms with van der Waals surface area (Å²) in [5.41, 5.74) is 1.72. The van der Waals surface area contributed by atoms with Gasteiger partial charge in [-0.05, 0) is 34.6 Å². The van der Waals surface area contributed by atoms with Crippen LogP contribution in [-0.2, 0) is 14.3 Å². The second-order valence-corrected chi connectivity index (χ2v) is 11.7. The number of methoxy groups -OCH3 is 1. The van der Waals surface area contributed by atoms with Gasteiger partial charge in [0.2, 0.25) is 5.91 Å². The minimum Gasteiger partial charge on any atom is -0.497 e. The Balaban J connectivity index is 1.54. The van der Waals surface area contributed by atoms with Crippen LogP contribution in [0.4, 0.5) is 0 Å². The number of ether oxygens (including phenoxy) is 2. The summed E-state index contributed by atoms with van der Waals surface area (Å²) in [7, 11) is 1.64. The van der Waals surface area contributed by atoms with Crippen molar-refractivity contribution >= 4 is 28.9 Å². The predicted molar refractivity (Wildman–Crippen MR) is 146 cm³/mol. The monoisotopic (exact) mass is 526 g/mol. The molecule has 4 rings (SSSR count). The van der Waals surface area contributed by atoms with E-state index in [4.69, 9.17) is 14.6 Å². The van der Waals surface area contributed by atoms with Crippen molar-refractivity contribution in [1.29, 1.82) is 0 Å². The molecule has 1 unspecified atom stereocenters. The number of rotatable bonds is 9. The SMILES string of the molecule is COc1ccc(C2CC(c3cccs3)=NN2C(=O)CN(CCN2CCOCC2)C(=O)CC(C)(C)C)cc1. The molecule has 200 valence electrons. The van der Waals surface area contributed by atoms with Gasteiger partial charge in [-0.25, -0.2) is 5.01 Å². The highest BCUT2D eigenvalue weighted by atomic mass is 32.1. The first-order valence-electron chi connectivity index (χ1n) is 12.9. The predicted octanol–water partition coefficient (Wildman–Crippen LogP) is 4.03. The number of carbonyl (C=O) groups is 2. The Morgan fingerprint density at radius 1 is 1.16 bits per heavy atom. The lowest BCUT2D eigenvalue weighted by Crippen LogP contribution is -2.47. The Labute approximate surface area is 223 Å². The van der Waals surface area contributed by atoms with E-state index >= 15 is 0 Å². The number of amides is 2. The van der Waals surface area contributed by atoms with Crippen molar-refractivity contribution in [3.8, 4) is 5.75 Å². The van der Waals surface area contributed by atoms with E-state index < -0.39 is 0 Å². The lowest BCUT2D eigenvalue weighted by molar-refractivity contribution is -0.142. The van der Waals surface area contributed by atoms with Crippen LogP contribution in [0.5, 0.6) is 5.75 Å². The third kappa shape index (κ3) is 7.40. The van der Waals surface area contributed by atoms with E-state index in [0.717, 1.165) is 41.5 Å². The van der Waals surface area contributed by atoms with Gasteiger partial charge in [-0.2, -0.15) is 5.10 Å². The van der Waals surface area contributed by atoms with Crippen LogP contribution in [0.25, 0.3) is 0 Å². The number of nitrogens with zero attached hydrogens (tertiary/aromatic N) is 4. The number of thiophene rings is 1. The smallest absolute Gasteiger partial charge is 0.262 e. The van der Waals surface area contributed by atoms with Crippen LogP contribution >= 0.6 is 11.3 Å². The normalized spacial score (nSPS) is 18.5. The highest BCUT2D eigenvalue weighted by molar-refractivity contribution is 7.12. The summed E-state index contributed by atoms with van der Waals surface area (Å²) in [5.74, 6) is 0.592. The Kier molecular flexibility index (Phi) is 9.00. The van der Waals surface area contributed by atoms with Gasteiger partial charge in [-0.15, -0.1) is 11.3 Å². The molecule has 0 aliphatic carbocycles. The van der Waals surface area contributed by atoms with E-state index in [-0.39, 0.29) is 29.8 Å². The van der Waals surface area contributed by atoms with Gasteiger partial charge in [0.15, 0.2) is 0 Å². The summed E-state index contributed by atoms with van der Waals surface area (Å²) >= 11 is 1.62. The molecule has 2 aliphatic rings. The first-order valence-corrected chi connectivity index (χ1v) is 13.8. The molecule has 1 fully saturated rings. The van der Waals surface area contributed by atoms with Crippen molar-refractivity contribution in [3.63, 3.8) is 0 Å². The molecule has 1 aromatic carbocycles. The summed E-state index contributed by atoms with van der Waals surface area (Å²) in [5, 5.41) is 8.39. The highest BCUT2D eigenvalue weighted by Gasteiger charge is 2.35. The van der Waals surface area contributed by atoms with Gasteiger partial charge >= 0.3 is 0 Å². The molecular weight excluding hydrogens is 488 g/mol. The summed E-state index contributed by atoms with van der Waals surface area (Å²) in [6.07, 6.45) is 1.01. The average molecular weight is 527 g/mol. The van der Waals surface area contributed by atoms with Crippen molar-refractivity contribution in [1.82, 2.24) is 14.8 Å². The number of morpholine rings is 1. The Morgan fingerprint density at radius 3 is 2.51 bits per heavy atom. The highest BCUT2D eigenvalue weighted by Crippen LogP contribution is 2.34. The van der Waals surface area contributed by atoms with Gasteiger partial charge in [-0.1, -0.05) is 39.0 Å². The fourth-order valence-corrected chi connectivity index (χ4v) is 5.32. The van der Waals surface area contributed by atoms with E-state index in [2.05, 4.69) is 4.90 Å². The summed E-state index contributed by atoms with van der Waals surface area (Å²) in [6.45, 7) is 10.5. The molecule has 1 atom stereocenters. The van der Waals surface area contributed by atoms with Gasteiger partial charge in [0, 0.05) is 39.0 Å². The Bertz CT molecular complexity index is 1070. The zero-order chi connectivity index (χ0) is 26.4. The minimum atomic E-state index is -0.227. The van der Waals surface area contributed by atoms with Crippen molar-refractivity contribution in [2.45, 2.75) is 39.7 Å². The van der Waals surface area contributed by atoms with Crippen LogP contribution in [0.3, 0.4) is 0 Å². The first-order chi connectivity index (χ1) is 17.7. The first kappa shape index (κ1) is 27.3. The zero-order valence-electron chi connectivity index (χ0n) is 22.3. The van der Waals surface area contributed by atoms with E-state index in [0.29, 0.717) is 32.6 Å². The number of hydrogen-bond acceptors (Lipinski definition) is 7. The average Bonchev–Trinajstić information content (AvgIpc) is 3.56. The summed E-state index contributed by atoms with van der Waals surface area (Å²) < 4.78 is 10.8. The molecule has 8 nitrogen and oxygen atoms in total. The molecule has 2 aliphatic heterocycles. The second-order valence-electron chi connectivity index (χ2n) is 10.8. The summed E-state index contributed by atoms with van der Waals surface area (Å²) in [4.78, 5) is 32.1. The number of benzene rings is 1. The van der Waals surface area contributed by atoms with Gasteiger partial charge in [0.1, 0.15) is 12.3 Å². The molecule has 0 bridgehead atoms. The topological polar surface area (TPSA) is 74.7 Å². The van der Waals surface area contributed by atoms with Crippen molar-refractivity contribution in [2.75, 3.05) is 53.0 Å². The van der Waals surface area contributed by atoms with Crippen molar-refractivity contribution in [2.24, 2.45) is 10.5 Å². The van der Waals surface area contributed by atoms with Crippen LogP contribution < -0.4 is 4.74 Å². The lowest BCUT2D eigenvalue weighted by Gasteiger charge is -2.32. The lowest BCUT2D eigenvalue weighted by atomic mass is 9.91. The van der Waals surface area contributed by atoms with E-state index in [1.54, 1.807) is 28.4 Å². The van der Waals surface area contributed by atoms with Crippen LogP contribution in [0, 0.1) is 5.41 Å².